The Labute approximate surface area is 112 Å². The van der Waals surface area contributed by atoms with Gasteiger partial charge in [0.05, 0.1) is 0 Å². The summed E-state index contributed by atoms with van der Waals surface area (Å²) in [4.78, 5) is 6.82. The summed E-state index contributed by atoms with van der Waals surface area (Å²) in [6, 6.07) is 10.1. The van der Waals surface area contributed by atoms with E-state index >= 15 is 0 Å². The predicted octanol–water partition coefficient (Wildman–Crippen LogP) is 1.65. The molecule has 5 nitrogen and oxygen atoms in total. The largest absolute Gasteiger partial charge is 0.339 e. The molecule has 3 rings (SSSR count). The molecule has 100 valence electrons. The number of nitrogens with zero attached hydrogens (tertiary/aromatic N) is 3. The van der Waals surface area contributed by atoms with Gasteiger partial charge in [-0.05, 0) is 25.3 Å². The lowest BCUT2D eigenvalue weighted by Gasteiger charge is -2.31. The number of piperidine rings is 1. The van der Waals surface area contributed by atoms with Crippen LogP contribution in [0.1, 0.15) is 12.8 Å². The smallest absolute Gasteiger partial charge is 0.245 e. The van der Waals surface area contributed by atoms with Crippen LogP contribution >= 0.6 is 0 Å². The van der Waals surface area contributed by atoms with Gasteiger partial charge in [0.2, 0.25) is 5.95 Å². The molecule has 1 unspecified atom stereocenters. The van der Waals surface area contributed by atoms with Crippen molar-refractivity contribution in [3.63, 3.8) is 0 Å². The van der Waals surface area contributed by atoms with Gasteiger partial charge in [-0.25, -0.2) is 0 Å². The van der Waals surface area contributed by atoms with E-state index in [9.17, 15) is 0 Å². The lowest BCUT2D eigenvalue weighted by Crippen LogP contribution is -2.38. The summed E-state index contributed by atoms with van der Waals surface area (Å²) < 4.78 is 0. The molecule has 0 bridgehead atoms. The summed E-state index contributed by atoms with van der Waals surface area (Å²) in [5.74, 6) is 2.18. The number of benzene rings is 1. The highest BCUT2D eigenvalue weighted by atomic mass is 15.4. The summed E-state index contributed by atoms with van der Waals surface area (Å²) >= 11 is 0. The molecule has 0 radical (unpaired) electrons. The van der Waals surface area contributed by atoms with Crippen molar-refractivity contribution < 1.29 is 0 Å². The molecular formula is C14H19N5. The van der Waals surface area contributed by atoms with Crippen LogP contribution in [-0.2, 0) is 0 Å². The number of anilines is 1. The molecule has 3 N–H and O–H groups in total. The Bertz CT molecular complexity index is 522. The Morgan fingerprint density at radius 3 is 2.95 bits per heavy atom. The summed E-state index contributed by atoms with van der Waals surface area (Å²) in [6.07, 6.45) is 2.38. The van der Waals surface area contributed by atoms with E-state index < -0.39 is 0 Å². The number of aromatic nitrogens is 3. The molecular weight excluding hydrogens is 238 g/mol. The van der Waals surface area contributed by atoms with Crippen molar-refractivity contribution in [1.82, 2.24) is 15.2 Å². The second-order valence-electron chi connectivity index (χ2n) is 5.04. The zero-order chi connectivity index (χ0) is 13.1. The maximum atomic E-state index is 5.76. The second-order valence-corrected chi connectivity index (χ2v) is 5.04. The summed E-state index contributed by atoms with van der Waals surface area (Å²) in [5, 5.41) is 7.35. The van der Waals surface area contributed by atoms with Gasteiger partial charge in [0, 0.05) is 18.7 Å². The molecule has 0 spiro atoms. The van der Waals surface area contributed by atoms with Gasteiger partial charge < -0.3 is 10.6 Å². The monoisotopic (exact) mass is 257 g/mol. The van der Waals surface area contributed by atoms with Crippen molar-refractivity contribution in [1.29, 1.82) is 0 Å². The van der Waals surface area contributed by atoms with Crippen molar-refractivity contribution in [2.75, 3.05) is 24.5 Å². The first-order valence-corrected chi connectivity index (χ1v) is 6.79. The molecule has 1 aliphatic heterocycles. The van der Waals surface area contributed by atoms with Gasteiger partial charge >= 0.3 is 0 Å². The SMILES string of the molecule is NCC1CCCN(c2n[nH]c(-c3ccccc3)n2)C1. The summed E-state index contributed by atoms with van der Waals surface area (Å²) in [6.45, 7) is 2.72. The highest BCUT2D eigenvalue weighted by molar-refractivity contribution is 5.56. The van der Waals surface area contributed by atoms with Gasteiger partial charge in [-0.2, -0.15) is 4.98 Å². The van der Waals surface area contributed by atoms with Crippen LogP contribution in [0.4, 0.5) is 5.95 Å². The van der Waals surface area contributed by atoms with Gasteiger partial charge in [-0.15, -0.1) is 5.10 Å². The van der Waals surface area contributed by atoms with E-state index in [4.69, 9.17) is 5.73 Å². The van der Waals surface area contributed by atoms with E-state index in [1.54, 1.807) is 0 Å². The number of nitrogens with one attached hydrogen (secondary N) is 1. The minimum absolute atomic E-state index is 0.562. The highest BCUT2D eigenvalue weighted by Gasteiger charge is 2.21. The Kier molecular flexibility index (Phi) is 3.46. The maximum absolute atomic E-state index is 5.76. The summed E-state index contributed by atoms with van der Waals surface area (Å²) in [7, 11) is 0. The van der Waals surface area contributed by atoms with Crippen LogP contribution in [0.5, 0.6) is 0 Å². The minimum atomic E-state index is 0.562. The van der Waals surface area contributed by atoms with E-state index in [1.165, 1.54) is 6.42 Å². The molecule has 0 amide bonds. The van der Waals surface area contributed by atoms with Crippen molar-refractivity contribution >= 4 is 5.95 Å². The van der Waals surface area contributed by atoms with Crippen LogP contribution in [0.25, 0.3) is 11.4 Å². The first-order chi connectivity index (χ1) is 9.36. The topological polar surface area (TPSA) is 70.8 Å². The molecule has 1 fully saturated rings. The van der Waals surface area contributed by atoms with Crippen LogP contribution < -0.4 is 10.6 Å². The van der Waals surface area contributed by atoms with Crippen LogP contribution in [0.15, 0.2) is 30.3 Å². The third-order valence-electron chi connectivity index (χ3n) is 3.66. The van der Waals surface area contributed by atoms with Crippen LogP contribution in [-0.4, -0.2) is 34.8 Å². The maximum Gasteiger partial charge on any atom is 0.245 e. The molecule has 2 heterocycles. The van der Waals surface area contributed by atoms with Crippen molar-refractivity contribution in [3.05, 3.63) is 30.3 Å². The third kappa shape index (κ3) is 2.61. The normalized spacial score (nSPS) is 19.6. The quantitative estimate of drug-likeness (QED) is 0.877. The first-order valence-electron chi connectivity index (χ1n) is 6.79. The van der Waals surface area contributed by atoms with Crippen LogP contribution in [0, 0.1) is 5.92 Å². The van der Waals surface area contributed by atoms with Crippen LogP contribution in [0.3, 0.4) is 0 Å². The van der Waals surface area contributed by atoms with Crippen molar-refractivity contribution in [2.24, 2.45) is 11.7 Å². The average Bonchev–Trinajstić information content (AvgIpc) is 2.98. The fraction of sp³-hybridized carbons (Fsp3) is 0.429. The lowest BCUT2D eigenvalue weighted by molar-refractivity contribution is 0.420. The van der Waals surface area contributed by atoms with Gasteiger partial charge in [0.25, 0.3) is 0 Å². The Balaban J connectivity index is 1.78. The molecule has 1 saturated heterocycles. The van der Waals surface area contributed by atoms with E-state index in [1.807, 2.05) is 30.3 Å². The number of H-pyrrole nitrogens is 1. The number of hydrogen-bond donors (Lipinski definition) is 2. The molecule has 2 aromatic rings. The van der Waals surface area contributed by atoms with Crippen LogP contribution in [0.2, 0.25) is 0 Å². The van der Waals surface area contributed by atoms with E-state index in [2.05, 4.69) is 20.1 Å². The molecule has 1 aromatic heterocycles. The Morgan fingerprint density at radius 1 is 1.32 bits per heavy atom. The molecule has 1 atom stereocenters. The fourth-order valence-electron chi connectivity index (χ4n) is 2.56. The molecule has 5 heteroatoms. The van der Waals surface area contributed by atoms with E-state index in [0.717, 1.165) is 43.4 Å². The predicted molar refractivity (Wildman–Crippen MR) is 75.8 cm³/mol. The molecule has 1 aromatic carbocycles. The van der Waals surface area contributed by atoms with Gasteiger partial charge in [0.15, 0.2) is 5.82 Å². The third-order valence-corrected chi connectivity index (χ3v) is 3.66. The average molecular weight is 257 g/mol. The number of rotatable bonds is 3. The molecule has 1 aliphatic rings. The zero-order valence-corrected chi connectivity index (χ0v) is 10.9. The number of hydrogen-bond acceptors (Lipinski definition) is 4. The molecule has 0 aliphatic carbocycles. The van der Waals surface area contributed by atoms with Gasteiger partial charge in [-0.1, -0.05) is 30.3 Å². The van der Waals surface area contributed by atoms with E-state index in [-0.39, 0.29) is 0 Å². The summed E-state index contributed by atoms with van der Waals surface area (Å²) in [5.41, 5.74) is 6.83. The van der Waals surface area contributed by atoms with E-state index in [0.29, 0.717) is 5.92 Å². The Hall–Kier alpha value is -1.88. The fourth-order valence-corrected chi connectivity index (χ4v) is 2.56. The van der Waals surface area contributed by atoms with Crippen molar-refractivity contribution in [3.8, 4) is 11.4 Å². The lowest BCUT2D eigenvalue weighted by atomic mass is 9.99. The standard InChI is InChI=1S/C14H19N5/c15-9-11-5-4-8-19(10-11)14-16-13(17-18-14)12-6-2-1-3-7-12/h1-3,6-7,11H,4-5,8-10,15H2,(H,16,17,18). The number of nitrogens with two attached hydrogens (primary N) is 1. The zero-order valence-electron chi connectivity index (χ0n) is 10.9. The Morgan fingerprint density at radius 2 is 2.16 bits per heavy atom. The van der Waals surface area contributed by atoms with Crippen molar-refractivity contribution in [2.45, 2.75) is 12.8 Å². The minimum Gasteiger partial charge on any atom is -0.339 e. The van der Waals surface area contributed by atoms with Gasteiger partial charge in [0.1, 0.15) is 0 Å². The number of aromatic amines is 1. The van der Waals surface area contributed by atoms with Gasteiger partial charge in [-0.3, -0.25) is 5.10 Å². The second kappa shape index (κ2) is 5.40. The molecule has 19 heavy (non-hydrogen) atoms. The first kappa shape index (κ1) is 12.2. The highest BCUT2D eigenvalue weighted by Crippen LogP contribution is 2.22. The molecule has 0 saturated carbocycles.